The average Bonchev–Trinajstić information content (AvgIpc) is 2.96. The minimum Gasteiger partial charge on any atom is -0.873 e. The monoisotopic (exact) mass is 654 g/mol. The van der Waals surface area contributed by atoms with E-state index in [1.54, 1.807) is 12.1 Å². The zero-order chi connectivity index (χ0) is 32.5. The van der Waals surface area contributed by atoms with E-state index in [4.69, 9.17) is 9.98 Å². The Bertz CT molecular complexity index is 1310. The number of unbranched alkanes of at least 4 members (excludes halogenated alkanes) is 4. The molecule has 3 rings (SSSR count). The predicted octanol–water partition coefficient (Wildman–Crippen LogP) is 10.7. The van der Waals surface area contributed by atoms with Gasteiger partial charge in [-0.15, -0.1) is 11.5 Å². The van der Waals surface area contributed by atoms with Crippen LogP contribution >= 0.6 is 0 Å². The fourth-order valence-corrected chi connectivity index (χ4v) is 5.51. The fourth-order valence-electron chi connectivity index (χ4n) is 5.51. The summed E-state index contributed by atoms with van der Waals surface area (Å²) in [6.45, 7) is 17.1. The van der Waals surface area contributed by atoms with Crippen molar-refractivity contribution < 1.29 is 26.7 Å². The molecule has 0 radical (unpaired) electrons. The van der Waals surface area contributed by atoms with Crippen molar-refractivity contribution in [1.29, 1.82) is 0 Å². The Morgan fingerprint density at radius 2 is 0.889 bits per heavy atom. The van der Waals surface area contributed by atoms with Crippen molar-refractivity contribution in [2.24, 2.45) is 9.98 Å². The molecular formula is C40H56N2NiO2. The van der Waals surface area contributed by atoms with Gasteiger partial charge in [0.15, 0.2) is 0 Å². The molecule has 0 aliphatic carbocycles. The van der Waals surface area contributed by atoms with Crippen molar-refractivity contribution in [2.75, 3.05) is 0 Å². The van der Waals surface area contributed by atoms with Crippen molar-refractivity contribution in [3.8, 4) is 11.5 Å². The van der Waals surface area contributed by atoms with E-state index < -0.39 is 0 Å². The SMILES string of the molecule is CCCCCCC(=Nc1cc(C)cc(C)c1)C(CCCC)=Nc1cc(C)cc(C)c1.CCCc1ccc(CCC)c([O-])c1[O-].[Ni+2]. The molecule has 0 saturated heterocycles. The van der Waals surface area contributed by atoms with Gasteiger partial charge in [-0.05, 0) is 113 Å². The van der Waals surface area contributed by atoms with E-state index >= 15 is 0 Å². The maximum atomic E-state index is 11.5. The second-order valence-corrected chi connectivity index (χ2v) is 12.3. The van der Waals surface area contributed by atoms with Crippen molar-refractivity contribution in [2.45, 2.75) is 132 Å². The van der Waals surface area contributed by atoms with Crippen LogP contribution in [-0.4, -0.2) is 11.4 Å². The van der Waals surface area contributed by atoms with Crippen LogP contribution < -0.4 is 10.2 Å². The molecule has 0 N–H and O–H groups in total. The van der Waals surface area contributed by atoms with E-state index in [9.17, 15) is 10.2 Å². The Balaban J connectivity index is 0.000000567. The van der Waals surface area contributed by atoms with Gasteiger partial charge in [0.2, 0.25) is 0 Å². The number of rotatable bonds is 15. The quantitative estimate of drug-likeness (QED) is 0.0929. The summed E-state index contributed by atoms with van der Waals surface area (Å²) in [5, 5.41) is 23.1. The summed E-state index contributed by atoms with van der Waals surface area (Å²) in [5.41, 5.74) is 10.8. The Labute approximate surface area is 284 Å². The number of aryl methyl sites for hydroxylation is 6. The molecule has 3 aromatic rings. The number of benzene rings is 3. The largest absolute Gasteiger partial charge is 2.00 e. The standard InChI is InChI=1S/C28H40N2.C12H18O2.Ni/c1-7-9-11-12-14-28(30-26-19-23(5)16-24(6)20-26)27(13-10-8-2)29-25-17-21(3)15-22(4)18-25;1-3-5-9-7-8-10(6-4-2)12(14)11(9)13;/h15-20H,7-14H2,1-6H3;7-8,13-14H,3-6H2,1-2H3;/q;;+2/p-2. The Kier molecular flexibility index (Phi) is 19.4. The molecule has 0 saturated carbocycles. The number of hydrogen-bond donors (Lipinski definition) is 0. The van der Waals surface area contributed by atoms with Crippen molar-refractivity contribution in [1.82, 2.24) is 0 Å². The van der Waals surface area contributed by atoms with Gasteiger partial charge >= 0.3 is 16.5 Å². The molecule has 0 atom stereocenters. The number of aliphatic imine (C=N–C) groups is 2. The molecular weight excluding hydrogens is 599 g/mol. The van der Waals surface area contributed by atoms with Crippen LogP contribution in [0.3, 0.4) is 0 Å². The van der Waals surface area contributed by atoms with Crippen molar-refractivity contribution in [3.63, 3.8) is 0 Å². The predicted molar refractivity (Wildman–Crippen MR) is 188 cm³/mol. The topological polar surface area (TPSA) is 70.8 Å². The van der Waals surface area contributed by atoms with E-state index in [1.165, 1.54) is 60.1 Å². The van der Waals surface area contributed by atoms with Crippen LogP contribution in [0.4, 0.5) is 11.4 Å². The van der Waals surface area contributed by atoms with E-state index in [-0.39, 0.29) is 28.0 Å². The smallest absolute Gasteiger partial charge is 0.873 e. The third-order valence-corrected chi connectivity index (χ3v) is 7.62. The maximum absolute atomic E-state index is 11.5. The van der Waals surface area contributed by atoms with Gasteiger partial charge in [0.1, 0.15) is 0 Å². The minimum atomic E-state index is -0.294. The maximum Gasteiger partial charge on any atom is 2.00 e. The third kappa shape index (κ3) is 14.4. The van der Waals surface area contributed by atoms with Crippen LogP contribution in [0.1, 0.15) is 125 Å². The fraction of sp³-hybridized carbons (Fsp3) is 0.500. The van der Waals surface area contributed by atoms with Crippen LogP contribution in [0.5, 0.6) is 11.5 Å². The summed E-state index contributed by atoms with van der Waals surface area (Å²) < 4.78 is 0. The summed E-state index contributed by atoms with van der Waals surface area (Å²) in [4.78, 5) is 10.3. The summed E-state index contributed by atoms with van der Waals surface area (Å²) in [7, 11) is 0. The van der Waals surface area contributed by atoms with Gasteiger partial charge in [-0.1, -0.05) is 102 Å². The minimum absolute atomic E-state index is 0. The molecule has 248 valence electrons. The van der Waals surface area contributed by atoms with Gasteiger partial charge in [-0.3, -0.25) is 9.98 Å². The van der Waals surface area contributed by atoms with Crippen LogP contribution in [0, 0.1) is 27.7 Å². The van der Waals surface area contributed by atoms with E-state index in [1.807, 2.05) is 13.8 Å². The molecule has 3 aromatic carbocycles. The van der Waals surface area contributed by atoms with Crippen molar-refractivity contribution >= 4 is 22.8 Å². The van der Waals surface area contributed by atoms with Gasteiger partial charge < -0.3 is 10.2 Å². The summed E-state index contributed by atoms with van der Waals surface area (Å²) >= 11 is 0. The molecule has 0 fully saturated rings. The first-order chi connectivity index (χ1) is 21.1. The normalized spacial score (nSPS) is 11.6. The molecule has 5 heteroatoms. The van der Waals surface area contributed by atoms with Gasteiger partial charge in [0.05, 0.1) is 22.8 Å². The molecule has 0 spiro atoms. The third-order valence-electron chi connectivity index (χ3n) is 7.62. The molecule has 0 aliphatic heterocycles. The zero-order valence-corrected chi connectivity index (χ0v) is 30.1. The molecule has 0 heterocycles. The summed E-state index contributed by atoms with van der Waals surface area (Å²) in [5.74, 6) is -0.587. The Morgan fingerprint density at radius 3 is 1.24 bits per heavy atom. The van der Waals surface area contributed by atoms with E-state index in [0.29, 0.717) is 24.0 Å². The summed E-state index contributed by atoms with van der Waals surface area (Å²) in [6.07, 6.45) is 12.5. The second kappa shape index (κ2) is 21.8. The molecule has 45 heavy (non-hydrogen) atoms. The van der Waals surface area contributed by atoms with Crippen LogP contribution in [0.15, 0.2) is 58.5 Å². The number of nitrogens with zero attached hydrogens (tertiary/aromatic N) is 2. The van der Waals surface area contributed by atoms with Crippen LogP contribution in [0.2, 0.25) is 0 Å². The van der Waals surface area contributed by atoms with E-state index in [0.717, 1.165) is 49.2 Å². The molecule has 0 bridgehead atoms. The molecule has 0 aliphatic rings. The van der Waals surface area contributed by atoms with Gasteiger partial charge in [-0.25, -0.2) is 0 Å². The Morgan fingerprint density at radius 1 is 0.511 bits per heavy atom. The molecule has 0 aromatic heterocycles. The number of hydrogen-bond acceptors (Lipinski definition) is 4. The first kappa shape index (κ1) is 40.1. The first-order valence-electron chi connectivity index (χ1n) is 16.9. The van der Waals surface area contributed by atoms with E-state index in [2.05, 4.69) is 77.9 Å². The first-order valence-corrected chi connectivity index (χ1v) is 16.9. The second-order valence-electron chi connectivity index (χ2n) is 12.3. The molecule has 0 amide bonds. The van der Waals surface area contributed by atoms with Crippen LogP contribution in [0.25, 0.3) is 0 Å². The van der Waals surface area contributed by atoms with Crippen molar-refractivity contribution in [3.05, 3.63) is 81.9 Å². The summed E-state index contributed by atoms with van der Waals surface area (Å²) in [6, 6.07) is 16.8. The average molecular weight is 656 g/mol. The van der Waals surface area contributed by atoms with Gasteiger partial charge in [-0.2, -0.15) is 0 Å². The van der Waals surface area contributed by atoms with Gasteiger partial charge in [0, 0.05) is 0 Å². The van der Waals surface area contributed by atoms with Crippen LogP contribution in [-0.2, 0) is 29.3 Å². The van der Waals surface area contributed by atoms with Gasteiger partial charge in [0.25, 0.3) is 0 Å². The molecule has 0 unspecified atom stereocenters. The zero-order valence-electron chi connectivity index (χ0n) is 29.1. The molecule has 4 nitrogen and oxygen atoms in total. The Hall–Kier alpha value is -2.91.